The van der Waals surface area contributed by atoms with E-state index in [0.29, 0.717) is 18.4 Å². The highest BCUT2D eigenvalue weighted by Crippen LogP contribution is 2.38. The third kappa shape index (κ3) is 3.63. The van der Waals surface area contributed by atoms with Gasteiger partial charge in [-0.25, -0.2) is 9.97 Å². The third-order valence-corrected chi connectivity index (χ3v) is 5.27. The second-order valence-electron chi connectivity index (χ2n) is 7.16. The molecule has 0 aromatic carbocycles. The molecule has 1 atom stereocenters. The Bertz CT molecular complexity index is 450. The number of aryl methyl sites for hydroxylation is 2. The molecule has 0 bridgehead atoms. The van der Waals surface area contributed by atoms with Gasteiger partial charge in [-0.3, -0.25) is 0 Å². The summed E-state index contributed by atoms with van der Waals surface area (Å²) in [5.74, 6) is 3.67. The summed E-state index contributed by atoms with van der Waals surface area (Å²) in [5, 5.41) is 0. The minimum Gasteiger partial charge on any atom is -0.330 e. The van der Waals surface area contributed by atoms with Crippen LogP contribution in [0.15, 0.2) is 0 Å². The SMILES string of the molecule is Cc1nc(C2CCC(C(C)C)CC2)nc(C)c1C(C)CN. The van der Waals surface area contributed by atoms with E-state index < -0.39 is 0 Å². The van der Waals surface area contributed by atoms with Crippen molar-refractivity contribution in [2.75, 3.05) is 6.54 Å². The monoisotopic (exact) mass is 289 g/mol. The molecule has 1 aromatic rings. The Hall–Kier alpha value is -0.960. The fourth-order valence-electron chi connectivity index (χ4n) is 3.81. The fourth-order valence-corrected chi connectivity index (χ4v) is 3.81. The molecule has 0 radical (unpaired) electrons. The molecule has 1 unspecified atom stereocenters. The zero-order valence-electron chi connectivity index (χ0n) is 14.3. The smallest absolute Gasteiger partial charge is 0.131 e. The molecule has 21 heavy (non-hydrogen) atoms. The van der Waals surface area contributed by atoms with Gasteiger partial charge in [0.2, 0.25) is 0 Å². The first-order valence-corrected chi connectivity index (χ1v) is 8.49. The van der Waals surface area contributed by atoms with E-state index in [1.165, 1.54) is 31.2 Å². The Morgan fingerprint density at radius 1 is 1.00 bits per heavy atom. The van der Waals surface area contributed by atoms with Crippen molar-refractivity contribution < 1.29 is 0 Å². The summed E-state index contributed by atoms with van der Waals surface area (Å²) in [6, 6.07) is 0. The topological polar surface area (TPSA) is 51.8 Å². The van der Waals surface area contributed by atoms with Gasteiger partial charge in [0.1, 0.15) is 5.82 Å². The second kappa shape index (κ2) is 6.87. The van der Waals surface area contributed by atoms with Gasteiger partial charge in [0.25, 0.3) is 0 Å². The largest absolute Gasteiger partial charge is 0.330 e. The van der Waals surface area contributed by atoms with Crippen LogP contribution in [-0.2, 0) is 0 Å². The van der Waals surface area contributed by atoms with Crippen LogP contribution in [-0.4, -0.2) is 16.5 Å². The van der Waals surface area contributed by atoms with Crippen LogP contribution in [0.3, 0.4) is 0 Å². The maximum Gasteiger partial charge on any atom is 0.131 e. The Labute approximate surface area is 129 Å². The summed E-state index contributed by atoms with van der Waals surface area (Å²) in [7, 11) is 0. The van der Waals surface area contributed by atoms with Crippen molar-refractivity contribution in [2.24, 2.45) is 17.6 Å². The highest BCUT2D eigenvalue weighted by atomic mass is 14.9. The number of nitrogens with two attached hydrogens (primary N) is 1. The summed E-state index contributed by atoms with van der Waals surface area (Å²) < 4.78 is 0. The number of hydrogen-bond acceptors (Lipinski definition) is 3. The van der Waals surface area contributed by atoms with E-state index in [9.17, 15) is 0 Å². The van der Waals surface area contributed by atoms with Crippen molar-refractivity contribution in [3.05, 3.63) is 22.8 Å². The van der Waals surface area contributed by atoms with Crippen LogP contribution in [0.5, 0.6) is 0 Å². The van der Waals surface area contributed by atoms with Crippen LogP contribution < -0.4 is 5.73 Å². The van der Waals surface area contributed by atoms with Crippen LogP contribution in [0.4, 0.5) is 0 Å². The molecule has 3 heteroatoms. The fraction of sp³-hybridized carbons (Fsp3) is 0.778. The first-order chi connectivity index (χ1) is 9.93. The minimum absolute atomic E-state index is 0.343. The molecule has 0 amide bonds. The normalized spacial score (nSPS) is 24.3. The van der Waals surface area contributed by atoms with E-state index in [4.69, 9.17) is 15.7 Å². The van der Waals surface area contributed by atoms with Crippen molar-refractivity contribution in [3.63, 3.8) is 0 Å². The molecule has 1 aliphatic carbocycles. The molecule has 118 valence electrons. The van der Waals surface area contributed by atoms with Crippen LogP contribution in [0.1, 0.15) is 81.1 Å². The summed E-state index contributed by atoms with van der Waals surface area (Å²) in [6.07, 6.45) is 5.14. The Morgan fingerprint density at radius 2 is 1.52 bits per heavy atom. The Morgan fingerprint density at radius 3 is 1.95 bits per heavy atom. The first kappa shape index (κ1) is 16.4. The quantitative estimate of drug-likeness (QED) is 0.908. The highest BCUT2D eigenvalue weighted by molar-refractivity contribution is 5.29. The zero-order valence-corrected chi connectivity index (χ0v) is 14.3. The molecule has 1 heterocycles. The summed E-state index contributed by atoms with van der Waals surface area (Å²) in [5.41, 5.74) is 9.31. The summed E-state index contributed by atoms with van der Waals surface area (Å²) in [6.45, 7) is 11.7. The highest BCUT2D eigenvalue weighted by Gasteiger charge is 2.26. The lowest BCUT2D eigenvalue weighted by molar-refractivity contribution is 0.254. The molecule has 1 fully saturated rings. The van der Waals surface area contributed by atoms with Gasteiger partial charge in [-0.1, -0.05) is 20.8 Å². The zero-order chi connectivity index (χ0) is 15.6. The average molecular weight is 289 g/mol. The van der Waals surface area contributed by atoms with Gasteiger partial charge >= 0.3 is 0 Å². The van der Waals surface area contributed by atoms with E-state index in [1.54, 1.807) is 0 Å². The van der Waals surface area contributed by atoms with Gasteiger partial charge in [0, 0.05) is 17.3 Å². The number of aromatic nitrogens is 2. The average Bonchev–Trinajstić information content (AvgIpc) is 2.46. The molecule has 2 N–H and O–H groups in total. The molecule has 0 aliphatic heterocycles. The summed E-state index contributed by atoms with van der Waals surface area (Å²) in [4.78, 5) is 9.66. The second-order valence-corrected chi connectivity index (χ2v) is 7.16. The molecule has 2 rings (SSSR count). The van der Waals surface area contributed by atoms with Gasteiger partial charge in [-0.05, 0) is 69.4 Å². The lowest BCUT2D eigenvalue weighted by atomic mass is 9.76. The third-order valence-electron chi connectivity index (χ3n) is 5.27. The van der Waals surface area contributed by atoms with Crippen LogP contribution in [0.2, 0.25) is 0 Å². The van der Waals surface area contributed by atoms with Crippen LogP contribution in [0.25, 0.3) is 0 Å². The van der Waals surface area contributed by atoms with E-state index in [-0.39, 0.29) is 0 Å². The molecule has 1 aliphatic rings. The maximum absolute atomic E-state index is 5.81. The molecule has 3 nitrogen and oxygen atoms in total. The van der Waals surface area contributed by atoms with Gasteiger partial charge in [0.05, 0.1) is 0 Å². The molecular weight excluding hydrogens is 258 g/mol. The minimum atomic E-state index is 0.343. The molecule has 0 saturated heterocycles. The van der Waals surface area contributed by atoms with E-state index in [1.807, 2.05) is 0 Å². The van der Waals surface area contributed by atoms with Crippen molar-refractivity contribution >= 4 is 0 Å². The number of hydrogen-bond donors (Lipinski definition) is 1. The van der Waals surface area contributed by atoms with Gasteiger partial charge < -0.3 is 5.73 Å². The lowest BCUT2D eigenvalue weighted by Crippen LogP contribution is -2.20. The van der Waals surface area contributed by atoms with Gasteiger partial charge in [-0.2, -0.15) is 0 Å². The van der Waals surface area contributed by atoms with Gasteiger partial charge in [0.15, 0.2) is 0 Å². The van der Waals surface area contributed by atoms with Crippen molar-refractivity contribution in [2.45, 2.75) is 72.1 Å². The number of nitrogens with zero attached hydrogens (tertiary/aromatic N) is 2. The predicted octanol–water partition coefficient (Wildman–Crippen LogP) is 4.09. The Kier molecular flexibility index (Phi) is 5.37. The Balaban J connectivity index is 2.15. The predicted molar refractivity (Wildman–Crippen MR) is 88.5 cm³/mol. The summed E-state index contributed by atoms with van der Waals surface area (Å²) >= 11 is 0. The standard InChI is InChI=1S/C18H31N3/c1-11(2)15-6-8-16(9-7-15)18-20-13(4)17(12(3)10-19)14(5)21-18/h11-12,15-16H,6-10,19H2,1-5H3. The van der Waals surface area contributed by atoms with Crippen LogP contribution >= 0.6 is 0 Å². The van der Waals surface area contributed by atoms with Crippen molar-refractivity contribution in [1.82, 2.24) is 9.97 Å². The molecule has 1 aromatic heterocycles. The first-order valence-electron chi connectivity index (χ1n) is 8.49. The van der Waals surface area contributed by atoms with E-state index >= 15 is 0 Å². The maximum atomic E-state index is 5.81. The number of rotatable bonds is 4. The van der Waals surface area contributed by atoms with Crippen LogP contribution in [0, 0.1) is 25.7 Å². The molecular formula is C18H31N3. The van der Waals surface area contributed by atoms with Crippen molar-refractivity contribution in [3.8, 4) is 0 Å². The van der Waals surface area contributed by atoms with Gasteiger partial charge in [-0.15, -0.1) is 0 Å². The lowest BCUT2D eigenvalue weighted by Gasteiger charge is -2.30. The van der Waals surface area contributed by atoms with E-state index in [0.717, 1.165) is 29.0 Å². The molecule has 0 spiro atoms. The van der Waals surface area contributed by atoms with E-state index in [2.05, 4.69) is 34.6 Å². The molecule has 1 saturated carbocycles. The van der Waals surface area contributed by atoms with Crippen molar-refractivity contribution in [1.29, 1.82) is 0 Å².